The summed E-state index contributed by atoms with van der Waals surface area (Å²) in [6.07, 6.45) is 1.09. The van der Waals surface area contributed by atoms with Crippen molar-refractivity contribution in [1.82, 2.24) is 10.6 Å². The molecule has 0 bridgehead atoms. The first-order chi connectivity index (χ1) is 20.4. The number of carbonyl (C=O) groups excluding carboxylic acids is 3. The van der Waals surface area contributed by atoms with E-state index < -0.39 is 30.0 Å². The molecular weight excluding hydrogens is 554 g/mol. The van der Waals surface area contributed by atoms with Gasteiger partial charge in [0.2, 0.25) is 23.0 Å². The third-order valence-corrected chi connectivity index (χ3v) is 7.60. The lowest BCUT2D eigenvalue weighted by Gasteiger charge is -2.26. The Morgan fingerprint density at radius 3 is 2.07 bits per heavy atom. The van der Waals surface area contributed by atoms with Gasteiger partial charge in [-0.05, 0) is 59.6 Å². The number of ether oxygens (including phenoxy) is 4. The Balaban J connectivity index is 2.20. The van der Waals surface area contributed by atoms with E-state index in [9.17, 15) is 19.2 Å². The van der Waals surface area contributed by atoms with Crippen molar-refractivity contribution in [3.63, 3.8) is 0 Å². The Hall–Kier alpha value is -4.28. The van der Waals surface area contributed by atoms with Gasteiger partial charge in [0.15, 0.2) is 11.5 Å². The summed E-state index contributed by atoms with van der Waals surface area (Å²) in [6.45, 7) is 8.73. The minimum absolute atomic E-state index is 0.184. The molecule has 1 aliphatic rings. The Morgan fingerprint density at radius 1 is 0.884 bits per heavy atom. The number of benzene rings is 1. The molecular formula is C32H43N3O8. The van der Waals surface area contributed by atoms with E-state index in [1.165, 1.54) is 34.3 Å². The number of esters is 1. The van der Waals surface area contributed by atoms with Crippen LogP contribution in [0.1, 0.15) is 58.2 Å². The molecule has 0 unspecified atom stereocenters. The lowest BCUT2D eigenvalue weighted by Crippen LogP contribution is -2.52. The highest BCUT2D eigenvalue weighted by molar-refractivity contribution is 5.90. The number of hydrogen-bond acceptors (Lipinski definition) is 9. The maximum absolute atomic E-state index is 13.7. The number of aryl methyl sites for hydroxylation is 1. The topological polar surface area (TPSA) is 141 Å². The quantitative estimate of drug-likeness (QED) is 0.331. The second kappa shape index (κ2) is 14.3. The van der Waals surface area contributed by atoms with Crippen LogP contribution >= 0.6 is 0 Å². The molecule has 0 aromatic heterocycles. The molecule has 11 heteroatoms. The van der Waals surface area contributed by atoms with Crippen LogP contribution in [0.4, 0.5) is 5.69 Å². The molecule has 0 fully saturated rings. The van der Waals surface area contributed by atoms with Crippen LogP contribution < -0.4 is 35.6 Å². The van der Waals surface area contributed by atoms with E-state index in [4.69, 9.17) is 18.9 Å². The maximum atomic E-state index is 13.7. The first-order valence-corrected chi connectivity index (χ1v) is 14.3. The molecule has 2 aromatic rings. The molecule has 1 aliphatic carbocycles. The molecule has 2 aromatic carbocycles. The molecule has 0 aliphatic heterocycles. The highest BCUT2D eigenvalue weighted by atomic mass is 16.5. The third kappa shape index (κ3) is 7.21. The summed E-state index contributed by atoms with van der Waals surface area (Å²) in [5.41, 5.74) is 2.72. The average molecular weight is 598 g/mol. The number of hydrogen-bond donors (Lipinski definition) is 3. The van der Waals surface area contributed by atoms with Gasteiger partial charge < -0.3 is 34.9 Å². The minimum atomic E-state index is -0.843. The van der Waals surface area contributed by atoms with Crippen molar-refractivity contribution < 1.29 is 33.3 Å². The second-order valence-corrected chi connectivity index (χ2v) is 11.2. The van der Waals surface area contributed by atoms with E-state index in [1.54, 1.807) is 19.2 Å². The van der Waals surface area contributed by atoms with Gasteiger partial charge >= 0.3 is 5.97 Å². The van der Waals surface area contributed by atoms with Crippen LogP contribution in [0.3, 0.4) is 0 Å². The zero-order chi connectivity index (χ0) is 32.0. The summed E-state index contributed by atoms with van der Waals surface area (Å²) in [5.74, 6) is -0.317. The molecule has 3 N–H and O–H groups in total. The summed E-state index contributed by atoms with van der Waals surface area (Å²) < 4.78 is 21.9. The van der Waals surface area contributed by atoms with E-state index in [-0.39, 0.29) is 28.9 Å². The number of carbonyl (C=O) groups is 3. The molecule has 3 rings (SSSR count). The number of amides is 2. The molecule has 3 atom stereocenters. The minimum Gasteiger partial charge on any atom is -0.493 e. The fraction of sp³-hybridized carbons (Fsp3) is 0.500. The summed E-state index contributed by atoms with van der Waals surface area (Å²) in [7, 11) is 5.88. The van der Waals surface area contributed by atoms with Crippen molar-refractivity contribution >= 4 is 23.5 Å². The van der Waals surface area contributed by atoms with Crippen LogP contribution in [-0.4, -0.2) is 58.3 Å². The van der Waals surface area contributed by atoms with E-state index in [2.05, 4.69) is 16.0 Å². The normalized spacial score (nSPS) is 15.3. The average Bonchev–Trinajstić information content (AvgIpc) is 3.20. The van der Waals surface area contributed by atoms with Crippen LogP contribution in [0.2, 0.25) is 0 Å². The number of rotatable bonds is 11. The van der Waals surface area contributed by atoms with Crippen molar-refractivity contribution in [2.24, 2.45) is 11.8 Å². The molecule has 43 heavy (non-hydrogen) atoms. The lowest BCUT2D eigenvalue weighted by atomic mass is 9.95. The van der Waals surface area contributed by atoms with E-state index in [1.807, 2.05) is 33.8 Å². The molecule has 234 valence electrons. The van der Waals surface area contributed by atoms with E-state index in [0.29, 0.717) is 41.2 Å². The van der Waals surface area contributed by atoms with Gasteiger partial charge in [-0.3, -0.25) is 14.4 Å². The summed E-state index contributed by atoms with van der Waals surface area (Å²) in [5, 5.41) is 8.87. The molecule has 0 saturated heterocycles. The summed E-state index contributed by atoms with van der Waals surface area (Å²) in [4.78, 5) is 51.6. The molecule has 0 spiro atoms. The SMILES string of the molecule is COC(=O)[C@H](NC(=O)[C@H](Nc1ccc2c(cc1=O)[C@H](NC(C)=O)CCc1cc(OC)c(OC)c(OC)c1-2)C(C)C)C(C)C. The Morgan fingerprint density at radius 2 is 1.53 bits per heavy atom. The molecule has 0 saturated carbocycles. The molecule has 0 heterocycles. The first-order valence-electron chi connectivity index (χ1n) is 14.3. The van der Waals surface area contributed by atoms with Crippen molar-refractivity contribution in [3.05, 3.63) is 45.6 Å². The summed E-state index contributed by atoms with van der Waals surface area (Å²) >= 11 is 0. The number of anilines is 1. The van der Waals surface area contributed by atoms with Gasteiger partial charge in [-0.2, -0.15) is 0 Å². The van der Waals surface area contributed by atoms with Crippen LogP contribution in [-0.2, 0) is 25.5 Å². The van der Waals surface area contributed by atoms with Crippen LogP contribution in [0.25, 0.3) is 11.1 Å². The van der Waals surface area contributed by atoms with Crippen LogP contribution in [0, 0.1) is 11.8 Å². The zero-order valence-corrected chi connectivity index (χ0v) is 26.4. The standard InChI is InChI=1S/C32H43N3O8/c1-16(2)27(31(38)35-28(17(3)4)32(39)43-9)34-23-13-11-20-21(15-24(23)37)22(33-18(5)36)12-10-19-14-25(40-6)29(41-7)30(42-8)26(19)20/h11,13-17,22,27-28H,10,12H2,1-9H3,(H,33,36)(H,34,37)(H,35,38)/t22-,27-,28-/m1/s1. The highest BCUT2D eigenvalue weighted by Gasteiger charge is 2.32. The van der Waals surface area contributed by atoms with Gasteiger partial charge in [0, 0.05) is 12.5 Å². The fourth-order valence-electron chi connectivity index (χ4n) is 5.40. The van der Waals surface area contributed by atoms with Gasteiger partial charge in [0.25, 0.3) is 0 Å². The number of nitrogens with one attached hydrogen (secondary N) is 3. The molecule has 11 nitrogen and oxygen atoms in total. The second-order valence-electron chi connectivity index (χ2n) is 11.2. The third-order valence-electron chi connectivity index (χ3n) is 7.60. The van der Waals surface area contributed by atoms with Crippen molar-refractivity contribution in [3.8, 4) is 28.4 Å². The van der Waals surface area contributed by atoms with Gasteiger partial charge in [0.1, 0.15) is 12.1 Å². The Bertz CT molecular complexity index is 1420. The smallest absolute Gasteiger partial charge is 0.328 e. The molecule has 2 amide bonds. The Kier molecular flexibility index (Phi) is 11.0. The lowest BCUT2D eigenvalue weighted by molar-refractivity contribution is -0.146. The van der Waals surface area contributed by atoms with Crippen molar-refractivity contribution in [1.29, 1.82) is 0 Å². The molecule has 0 radical (unpaired) electrons. The van der Waals surface area contributed by atoms with Crippen molar-refractivity contribution in [2.45, 2.75) is 65.6 Å². The van der Waals surface area contributed by atoms with Crippen LogP contribution in [0.15, 0.2) is 29.1 Å². The van der Waals surface area contributed by atoms with E-state index in [0.717, 1.165) is 11.1 Å². The number of methoxy groups -OCH3 is 4. The van der Waals surface area contributed by atoms with Crippen molar-refractivity contribution in [2.75, 3.05) is 33.8 Å². The largest absolute Gasteiger partial charge is 0.493 e. The predicted octanol–water partition coefficient (Wildman–Crippen LogP) is 3.61. The maximum Gasteiger partial charge on any atom is 0.328 e. The van der Waals surface area contributed by atoms with Gasteiger partial charge in [-0.25, -0.2) is 4.79 Å². The highest BCUT2D eigenvalue weighted by Crippen LogP contribution is 2.50. The van der Waals surface area contributed by atoms with Gasteiger partial charge in [-0.15, -0.1) is 0 Å². The monoisotopic (exact) mass is 597 g/mol. The van der Waals surface area contributed by atoms with Crippen LogP contribution in [0.5, 0.6) is 17.2 Å². The van der Waals surface area contributed by atoms with Gasteiger partial charge in [0.05, 0.1) is 40.2 Å². The first kappa shape index (κ1) is 33.2. The summed E-state index contributed by atoms with van der Waals surface area (Å²) in [6, 6.07) is 4.64. The number of fused-ring (bicyclic) bond motifs is 3. The van der Waals surface area contributed by atoms with Gasteiger partial charge in [-0.1, -0.05) is 33.8 Å². The fourth-order valence-corrected chi connectivity index (χ4v) is 5.40. The predicted molar refractivity (Wildman–Crippen MR) is 164 cm³/mol. The zero-order valence-electron chi connectivity index (χ0n) is 26.4. The van der Waals surface area contributed by atoms with E-state index >= 15 is 0 Å². The Labute approximate surface area is 252 Å².